The van der Waals surface area contributed by atoms with Gasteiger partial charge < -0.3 is 4.74 Å². The maximum absolute atomic E-state index is 8.93. The van der Waals surface area contributed by atoms with Crippen molar-refractivity contribution in [1.29, 1.82) is 5.26 Å². The normalized spacial score (nSPS) is 12.3. The highest BCUT2D eigenvalue weighted by molar-refractivity contribution is 5.45. The number of hydrogen-bond donors (Lipinski definition) is 0. The van der Waals surface area contributed by atoms with Crippen molar-refractivity contribution in [3.63, 3.8) is 0 Å². The molecule has 1 rings (SSSR count). The molecule has 0 bridgehead atoms. The van der Waals surface area contributed by atoms with E-state index in [2.05, 4.69) is 19.9 Å². The number of nitriles is 1. The molecule has 1 unspecified atom stereocenters. The third kappa shape index (κ3) is 2.99. The maximum atomic E-state index is 8.93. The zero-order chi connectivity index (χ0) is 11.4. The minimum Gasteiger partial charge on any atom is -0.489 e. The van der Waals surface area contributed by atoms with Crippen molar-refractivity contribution in [3.8, 4) is 11.8 Å². The Morgan fingerprint density at radius 2 is 1.93 bits per heavy atom. The lowest BCUT2D eigenvalue weighted by molar-refractivity contribution is 0.170. The molecule has 80 valence electrons. The van der Waals surface area contributed by atoms with E-state index in [0.29, 0.717) is 17.2 Å². The van der Waals surface area contributed by atoms with E-state index in [0.717, 1.165) is 5.56 Å². The van der Waals surface area contributed by atoms with Crippen LogP contribution >= 0.6 is 0 Å². The molecule has 0 saturated carbocycles. The van der Waals surface area contributed by atoms with Crippen LogP contribution in [0.25, 0.3) is 0 Å². The SMILES string of the molecule is Cc1ccc(C#N)c(OC(C)C(C)C)c1. The molecule has 0 saturated heterocycles. The Morgan fingerprint density at radius 3 is 2.47 bits per heavy atom. The van der Waals surface area contributed by atoms with E-state index in [1.54, 1.807) is 6.07 Å². The topological polar surface area (TPSA) is 33.0 Å². The van der Waals surface area contributed by atoms with Gasteiger partial charge in [-0.1, -0.05) is 19.9 Å². The smallest absolute Gasteiger partial charge is 0.137 e. The van der Waals surface area contributed by atoms with Crippen molar-refractivity contribution < 1.29 is 4.74 Å². The second-order valence-corrected chi connectivity index (χ2v) is 4.18. The predicted molar refractivity (Wildman–Crippen MR) is 60.8 cm³/mol. The van der Waals surface area contributed by atoms with Crippen LogP contribution in [0.5, 0.6) is 5.75 Å². The highest BCUT2D eigenvalue weighted by atomic mass is 16.5. The fraction of sp³-hybridized carbons (Fsp3) is 0.462. The van der Waals surface area contributed by atoms with E-state index < -0.39 is 0 Å². The Labute approximate surface area is 91.5 Å². The molecular formula is C13H17NO. The number of benzene rings is 1. The summed E-state index contributed by atoms with van der Waals surface area (Å²) >= 11 is 0. The van der Waals surface area contributed by atoms with Crippen LogP contribution in [0.3, 0.4) is 0 Å². The first kappa shape index (κ1) is 11.6. The van der Waals surface area contributed by atoms with Gasteiger partial charge in [0.15, 0.2) is 0 Å². The Balaban J connectivity index is 2.93. The zero-order valence-electron chi connectivity index (χ0n) is 9.74. The molecule has 0 fully saturated rings. The lowest BCUT2D eigenvalue weighted by Crippen LogP contribution is -2.19. The van der Waals surface area contributed by atoms with E-state index in [-0.39, 0.29) is 6.10 Å². The van der Waals surface area contributed by atoms with Crippen molar-refractivity contribution in [3.05, 3.63) is 29.3 Å². The van der Waals surface area contributed by atoms with Gasteiger partial charge in [0.05, 0.1) is 11.7 Å². The van der Waals surface area contributed by atoms with Gasteiger partial charge in [0.25, 0.3) is 0 Å². The largest absolute Gasteiger partial charge is 0.489 e. The van der Waals surface area contributed by atoms with E-state index in [1.807, 2.05) is 26.0 Å². The quantitative estimate of drug-likeness (QED) is 0.755. The molecular weight excluding hydrogens is 186 g/mol. The highest BCUT2D eigenvalue weighted by Crippen LogP contribution is 2.22. The molecule has 0 heterocycles. The van der Waals surface area contributed by atoms with Crippen molar-refractivity contribution in [2.24, 2.45) is 5.92 Å². The van der Waals surface area contributed by atoms with Crippen LogP contribution < -0.4 is 4.74 Å². The first-order valence-electron chi connectivity index (χ1n) is 5.22. The first-order valence-corrected chi connectivity index (χ1v) is 5.22. The van der Waals surface area contributed by atoms with Gasteiger partial charge >= 0.3 is 0 Å². The molecule has 15 heavy (non-hydrogen) atoms. The summed E-state index contributed by atoms with van der Waals surface area (Å²) in [4.78, 5) is 0. The summed E-state index contributed by atoms with van der Waals surface area (Å²) in [7, 11) is 0. The van der Waals surface area contributed by atoms with Gasteiger partial charge in [-0.15, -0.1) is 0 Å². The molecule has 0 aliphatic rings. The average molecular weight is 203 g/mol. The van der Waals surface area contributed by atoms with Crippen LogP contribution in [0, 0.1) is 24.2 Å². The van der Waals surface area contributed by atoms with Crippen molar-refractivity contribution in [1.82, 2.24) is 0 Å². The summed E-state index contributed by atoms with van der Waals surface area (Å²) in [5.74, 6) is 1.13. The van der Waals surface area contributed by atoms with Gasteiger partial charge in [0.1, 0.15) is 11.8 Å². The van der Waals surface area contributed by atoms with Gasteiger partial charge in [-0.05, 0) is 37.5 Å². The van der Waals surface area contributed by atoms with E-state index in [4.69, 9.17) is 10.00 Å². The lowest BCUT2D eigenvalue weighted by atomic mass is 10.1. The van der Waals surface area contributed by atoms with Crippen LogP contribution in [0.15, 0.2) is 18.2 Å². The molecule has 0 amide bonds. The van der Waals surface area contributed by atoms with E-state index >= 15 is 0 Å². The summed E-state index contributed by atoms with van der Waals surface area (Å²) in [5, 5.41) is 8.93. The average Bonchev–Trinajstić information content (AvgIpc) is 2.18. The summed E-state index contributed by atoms with van der Waals surface area (Å²) in [6, 6.07) is 7.78. The molecule has 0 aromatic heterocycles. The summed E-state index contributed by atoms with van der Waals surface area (Å²) in [6.45, 7) is 8.22. The molecule has 2 nitrogen and oxygen atoms in total. The molecule has 1 aromatic rings. The molecule has 0 N–H and O–H groups in total. The van der Waals surface area contributed by atoms with Crippen LogP contribution in [-0.2, 0) is 0 Å². The fourth-order valence-electron chi connectivity index (χ4n) is 1.16. The molecule has 1 aromatic carbocycles. The molecule has 2 heteroatoms. The van der Waals surface area contributed by atoms with Crippen molar-refractivity contribution in [2.75, 3.05) is 0 Å². The molecule has 0 aliphatic carbocycles. The van der Waals surface area contributed by atoms with E-state index in [9.17, 15) is 0 Å². The monoisotopic (exact) mass is 203 g/mol. The second-order valence-electron chi connectivity index (χ2n) is 4.18. The lowest BCUT2D eigenvalue weighted by Gasteiger charge is -2.19. The molecule has 0 spiro atoms. The number of aryl methyl sites for hydroxylation is 1. The standard InChI is InChI=1S/C13H17NO/c1-9(2)11(4)15-13-7-10(3)5-6-12(13)8-14/h5-7,9,11H,1-4H3. The van der Waals surface area contributed by atoms with Gasteiger partial charge in [0, 0.05) is 0 Å². The Hall–Kier alpha value is -1.49. The van der Waals surface area contributed by atoms with Crippen LogP contribution in [0.1, 0.15) is 31.9 Å². The van der Waals surface area contributed by atoms with Crippen LogP contribution in [0.4, 0.5) is 0 Å². The van der Waals surface area contributed by atoms with Crippen molar-refractivity contribution in [2.45, 2.75) is 33.8 Å². The van der Waals surface area contributed by atoms with E-state index in [1.165, 1.54) is 0 Å². The van der Waals surface area contributed by atoms with Crippen LogP contribution in [0.2, 0.25) is 0 Å². The molecule has 1 atom stereocenters. The Bertz CT molecular complexity index is 377. The number of rotatable bonds is 3. The zero-order valence-corrected chi connectivity index (χ0v) is 9.74. The summed E-state index contributed by atoms with van der Waals surface area (Å²) in [6.07, 6.45) is 0.124. The third-order valence-corrected chi connectivity index (χ3v) is 2.51. The second kappa shape index (κ2) is 4.84. The molecule has 0 radical (unpaired) electrons. The minimum absolute atomic E-state index is 0.124. The number of ether oxygens (including phenoxy) is 1. The van der Waals surface area contributed by atoms with Crippen molar-refractivity contribution >= 4 is 0 Å². The fourth-order valence-corrected chi connectivity index (χ4v) is 1.16. The van der Waals surface area contributed by atoms with Gasteiger partial charge in [-0.2, -0.15) is 5.26 Å². The van der Waals surface area contributed by atoms with Gasteiger partial charge in [-0.25, -0.2) is 0 Å². The third-order valence-electron chi connectivity index (χ3n) is 2.51. The van der Waals surface area contributed by atoms with Gasteiger partial charge in [-0.3, -0.25) is 0 Å². The highest BCUT2D eigenvalue weighted by Gasteiger charge is 2.11. The number of hydrogen-bond acceptors (Lipinski definition) is 2. The summed E-state index contributed by atoms with van der Waals surface area (Å²) < 4.78 is 5.76. The number of nitrogens with zero attached hydrogens (tertiary/aromatic N) is 1. The predicted octanol–water partition coefficient (Wildman–Crippen LogP) is 3.29. The molecule has 0 aliphatic heterocycles. The van der Waals surface area contributed by atoms with Crippen LogP contribution in [-0.4, -0.2) is 6.10 Å². The minimum atomic E-state index is 0.124. The van der Waals surface area contributed by atoms with Gasteiger partial charge in [0.2, 0.25) is 0 Å². The first-order chi connectivity index (χ1) is 7.04. The Morgan fingerprint density at radius 1 is 1.27 bits per heavy atom. The maximum Gasteiger partial charge on any atom is 0.137 e. The summed E-state index contributed by atoms with van der Waals surface area (Å²) in [5.41, 5.74) is 1.72. The Kier molecular flexibility index (Phi) is 3.74.